The normalized spacial score (nSPS) is 15.3. The summed E-state index contributed by atoms with van der Waals surface area (Å²) in [7, 11) is 3.39. The van der Waals surface area contributed by atoms with Gasteiger partial charge in [0.2, 0.25) is 17.7 Å². The van der Waals surface area contributed by atoms with Gasteiger partial charge < -0.3 is 42.7 Å². The number of nitrogens with zero attached hydrogens (tertiary/aromatic N) is 1. The SMILES string of the molecule is CC/C=C(\N)NCCC[C@H](NC(=O)CNCCSSCCN)C(=O)N1CCCC1C(=O)N[C@@H](Cc1ccccc1)C(=O)CCC.CCC(=O)O. The van der Waals surface area contributed by atoms with E-state index in [0.717, 1.165) is 23.5 Å². The number of carboxylic acids is 1. The Morgan fingerprint density at radius 3 is 2.36 bits per heavy atom. The van der Waals surface area contributed by atoms with Crippen LogP contribution in [0.3, 0.4) is 0 Å². The molecule has 9 N–H and O–H groups in total. The Morgan fingerprint density at radius 2 is 1.72 bits per heavy atom. The first-order chi connectivity index (χ1) is 24.1. The monoisotopic (exact) mass is 737 g/mol. The van der Waals surface area contributed by atoms with E-state index >= 15 is 0 Å². The number of likely N-dealkylation sites (tertiary alicyclic amines) is 1. The molecule has 1 aliphatic rings. The first-order valence-electron chi connectivity index (χ1n) is 17.6. The molecule has 1 aliphatic heterocycles. The van der Waals surface area contributed by atoms with Gasteiger partial charge in [-0.2, -0.15) is 0 Å². The van der Waals surface area contributed by atoms with Gasteiger partial charge in [0.05, 0.1) is 18.4 Å². The zero-order valence-corrected chi connectivity index (χ0v) is 31.5. The van der Waals surface area contributed by atoms with Crippen molar-refractivity contribution in [2.45, 2.75) is 96.7 Å². The number of hydrogen-bond acceptors (Lipinski definition) is 11. The van der Waals surface area contributed by atoms with Crippen molar-refractivity contribution in [2.24, 2.45) is 11.5 Å². The summed E-state index contributed by atoms with van der Waals surface area (Å²) in [4.78, 5) is 64.3. The number of aliphatic carboxylic acids is 1. The standard InChI is InChI=1S/C32H53N7O4S2.C3H6O2/c1-3-10-28(40)26(22-24-12-6-5-7-13-24)38-31(42)27-15-9-19-39(27)32(43)25(14-8-17-36-29(34)11-4-2)37-30(41)23-35-18-21-45-44-20-16-33;1-2-3(4)5/h5-7,11-13,25-27,35-36H,3-4,8-10,14-23,33-34H2,1-2H3,(H,37,41)(H,38,42);2H2,1H3,(H,4,5)/b29-11+;/t25-,26-,27?;/m0./s1. The van der Waals surface area contributed by atoms with Crippen LogP contribution in [-0.2, 0) is 30.4 Å². The minimum absolute atomic E-state index is 0.0246. The molecule has 0 aromatic heterocycles. The maximum Gasteiger partial charge on any atom is 0.303 e. The molecule has 3 amide bonds. The lowest BCUT2D eigenvalue weighted by atomic mass is 9.99. The zero-order valence-electron chi connectivity index (χ0n) is 29.9. The second-order valence-corrected chi connectivity index (χ2v) is 14.5. The summed E-state index contributed by atoms with van der Waals surface area (Å²) < 4.78 is 0. The van der Waals surface area contributed by atoms with Crippen LogP contribution < -0.4 is 32.7 Å². The highest BCUT2D eigenvalue weighted by Gasteiger charge is 2.38. The molecular formula is C35H59N7O6S2. The van der Waals surface area contributed by atoms with Gasteiger partial charge in [0.25, 0.3) is 0 Å². The number of carbonyl (C=O) groups is 5. The number of hydrogen-bond donors (Lipinski definition) is 7. The molecule has 0 saturated carbocycles. The Bertz CT molecular complexity index is 1190. The van der Waals surface area contributed by atoms with Gasteiger partial charge in [0.1, 0.15) is 12.1 Å². The van der Waals surface area contributed by atoms with Crippen molar-refractivity contribution in [2.75, 3.05) is 44.2 Å². The van der Waals surface area contributed by atoms with E-state index in [-0.39, 0.29) is 36.5 Å². The van der Waals surface area contributed by atoms with Gasteiger partial charge >= 0.3 is 5.97 Å². The molecule has 0 radical (unpaired) electrons. The molecule has 2 rings (SSSR count). The van der Waals surface area contributed by atoms with Crippen molar-refractivity contribution in [1.82, 2.24) is 26.2 Å². The average Bonchev–Trinajstić information content (AvgIpc) is 3.60. The first kappa shape index (κ1) is 44.8. The minimum Gasteiger partial charge on any atom is -0.481 e. The topological polar surface area (TPSA) is 209 Å². The summed E-state index contributed by atoms with van der Waals surface area (Å²) in [6.07, 6.45) is 6.50. The Labute approximate surface area is 305 Å². The second-order valence-electron chi connectivity index (χ2n) is 11.8. The molecule has 0 spiro atoms. The Morgan fingerprint density at radius 1 is 1.02 bits per heavy atom. The number of nitrogens with two attached hydrogens (primary N) is 2. The molecule has 282 valence electrons. The average molecular weight is 738 g/mol. The van der Waals surface area contributed by atoms with Crippen molar-refractivity contribution in [3.63, 3.8) is 0 Å². The van der Waals surface area contributed by atoms with E-state index in [0.29, 0.717) is 76.9 Å². The molecule has 1 unspecified atom stereocenters. The number of benzene rings is 1. The van der Waals surface area contributed by atoms with Crippen LogP contribution in [0.1, 0.15) is 77.7 Å². The van der Waals surface area contributed by atoms with Gasteiger partial charge in [-0.25, -0.2) is 0 Å². The number of carbonyl (C=O) groups excluding carboxylic acids is 4. The molecule has 1 fully saturated rings. The van der Waals surface area contributed by atoms with Crippen molar-refractivity contribution in [1.29, 1.82) is 0 Å². The zero-order chi connectivity index (χ0) is 37.1. The van der Waals surface area contributed by atoms with E-state index in [1.54, 1.807) is 33.4 Å². The molecule has 1 saturated heterocycles. The Hall–Kier alpha value is -3.27. The second kappa shape index (κ2) is 27.5. The molecule has 0 aliphatic carbocycles. The fraction of sp³-hybridized carbons (Fsp3) is 0.629. The third kappa shape index (κ3) is 19.2. The number of ketones is 1. The van der Waals surface area contributed by atoms with Gasteiger partial charge in [-0.15, -0.1) is 0 Å². The van der Waals surface area contributed by atoms with Gasteiger partial charge in [-0.1, -0.05) is 72.7 Å². The summed E-state index contributed by atoms with van der Waals surface area (Å²) in [5.74, 6) is 0.619. The van der Waals surface area contributed by atoms with E-state index in [1.807, 2.05) is 50.3 Å². The van der Waals surface area contributed by atoms with Crippen LogP contribution in [0.25, 0.3) is 0 Å². The molecule has 0 bridgehead atoms. The van der Waals surface area contributed by atoms with E-state index in [4.69, 9.17) is 16.6 Å². The third-order valence-electron chi connectivity index (χ3n) is 7.61. The van der Waals surface area contributed by atoms with Crippen LogP contribution in [0.5, 0.6) is 0 Å². The quantitative estimate of drug-likeness (QED) is 0.0604. The summed E-state index contributed by atoms with van der Waals surface area (Å²) >= 11 is 0. The van der Waals surface area contributed by atoms with Crippen LogP contribution in [0, 0.1) is 0 Å². The highest BCUT2D eigenvalue weighted by atomic mass is 33.1. The van der Waals surface area contributed by atoms with Crippen molar-refractivity contribution in [3.05, 3.63) is 47.8 Å². The highest BCUT2D eigenvalue weighted by molar-refractivity contribution is 8.76. The highest BCUT2D eigenvalue weighted by Crippen LogP contribution is 2.21. The maximum absolute atomic E-state index is 13.9. The molecule has 15 heteroatoms. The van der Waals surface area contributed by atoms with Gasteiger partial charge in [0.15, 0.2) is 5.78 Å². The number of carboxylic acid groups (broad SMARTS) is 1. The fourth-order valence-electron chi connectivity index (χ4n) is 5.10. The lowest BCUT2D eigenvalue weighted by Crippen LogP contribution is -2.56. The van der Waals surface area contributed by atoms with E-state index < -0.39 is 24.1 Å². The van der Waals surface area contributed by atoms with E-state index in [1.165, 1.54) is 0 Å². The minimum atomic E-state index is -0.790. The van der Waals surface area contributed by atoms with Crippen LogP contribution in [-0.4, -0.2) is 102 Å². The maximum atomic E-state index is 13.9. The van der Waals surface area contributed by atoms with Crippen LogP contribution >= 0.6 is 21.6 Å². The number of Topliss-reactive ketones (excluding diaryl/α,β-unsaturated/α-hetero) is 1. The van der Waals surface area contributed by atoms with Crippen LogP contribution in [0.4, 0.5) is 0 Å². The number of allylic oxidation sites excluding steroid dienone is 1. The predicted molar refractivity (Wildman–Crippen MR) is 203 cm³/mol. The smallest absolute Gasteiger partial charge is 0.303 e. The lowest BCUT2D eigenvalue weighted by molar-refractivity contribution is -0.142. The predicted octanol–water partition coefficient (Wildman–Crippen LogP) is 2.55. The number of amides is 3. The van der Waals surface area contributed by atoms with Crippen molar-refractivity contribution >= 4 is 51.1 Å². The first-order valence-corrected chi connectivity index (χ1v) is 20.1. The van der Waals surface area contributed by atoms with Gasteiger partial charge in [-0.05, 0) is 56.6 Å². The molecule has 1 aromatic carbocycles. The number of rotatable bonds is 24. The summed E-state index contributed by atoms with van der Waals surface area (Å²) in [5.41, 5.74) is 12.4. The van der Waals surface area contributed by atoms with Gasteiger partial charge in [0, 0.05) is 50.5 Å². The lowest BCUT2D eigenvalue weighted by Gasteiger charge is -2.30. The molecule has 1 heterocycles. The number of nitrogens with one attached hydrogen (secondary N) is 4. The van der Waals surface area contributed by atoms with E-state index in [9.17, 15) is 24.0 Å². The van der Waals surface area contributed by atoms with Gasteiger partial charge in [-0.3, -0.25) is 24.0 Å². The molecular weight excluding hydrogens is 679 g/mol. The summed E-state index contributed by atoms with van der Waals surface area (Å²) in [5, 5.41) is 19.9. The van der Waals surface area contributed by atoms with Crippen LogP contribution in [0.15, 0.2) is 42.2 Å². The van der Waals surface area contributed by atoms with Crippen molar-refractivity contribution in [3.8, 4) is 0 Å². The molecule has 3 atom stereocenters. The largest absolute Gasteiger partial charge is 0.481 e. The fourth-order valence-corrected chi connectivity index (χ4v) is 6.91. The third-order valence-corrected chi connectivity index (χ3v) is 10.1. The Kier molecular flexibility index (Phi) is 24.6. The summed E-state index contributed by atoms with van der Waals surface area (Å²) in [6.45, 7) is 7.85. The molecule has 50 heavy (non-hydrogen) atoms. The van der Waals surface area contributed by atoms with E-state index in [2.05, 4.69) is 21.3 Å². The molecule has 1 aromatic rings. The Balaban J connectivity index is 0.00000232. The molecule has 13 nitrogen and oxygen atoms in total. The van der Waals surface area contributed by atoms with Crippen LogP contribution in [0.2, 0.25) is 0 Å². The van der Waals surface area contributed by atoms with Crippen molar-refractivity contribution < 1.29 is 29.1 Å². The summed E-state index contributed by atoms with van der Waals surface area (Å²) in [6, 6.07) is 7.44.